The van der Waals surface area contributed by atoms with E-state index >= 15 is 0 Å². The van der Waals surface area contributed by atoms with Crippen LogP contribution < -0.4 is 0 Å². The number of likely N-dealkylation sites (N-methyl/N-ethyl adjacent to an activating group) is 1. The molecule has 2 atom stereocenters. The fourth-order valence-corrected chi connectivity index (χ4v) is 2.90. The van der Waals surface area contributed by atoms with Crippen LogP contribution >= 0.6 is 0 Å². The van der Waals surface area contributed by atoms with Crippen molar-refractivity contribution in [3.8, 4) is 6.07 Å². The number of carbonyl (C=O) groups excluding carboxylic acids is 1. The van der Waals surface area contributed by atoms with E-state index in [-0.39, 0.29) is 11.8 Å². The van der Waals surface area contributed by atoms with Gasteiger partial charge in [-0.1, -0.05) is 0 Å². The third kappa shape index (κ3) is 3.96. The summed E-state index contributed by atoms with van der Waals surface area (Å²) in [5.74, 6) is 0.902. The highest BCUT2D eigenvalue weighted by atomic mass is 16.2. The van der Waals surface area contributed by atoms with Crippen LogP contribution in [-0.4, -0.2) is 47.4 Å². The summed E-state index contributed by atoms with van der Waals surface area (Å²) >= 11 is 0. The highest BCUT2D eigenvalue weighted by Gasteiger charge is 2.40. The molecule has 0 aliphatic heterocycles. The van der Waals surface area contributed by atoms with Gasteiger partial charge in [-0.05, 0) is 52.4 Å². The molecule has 1 amide bonds. The van der Waals surface area contributed by atoms with E-state index in [0.29, 0.717) is 31.7 Å². The minimum atomic E-state index is -0.0888. The Balaban J connectivity index is 1.91. The summed E-state index contributed by atoms with van der Waals surface area (Å²) in [6.07, 6.45) is 5.12. The standard InChI is InChI=1S/C16H27N3O/c1-4-18(10-12(2)9-17)16(20)11-19(15-7-8-15)13(3)14-5-6-14/h12-15H,4-8,10-11H2,1-3H3. The molecule has 2 rings (SSSR count). The van der Waals surface area contributed by atoms with E-state index < -0.39 is 0 Å². The van der Waals surface area contributed by atoms with Gasteiger partial charge in [0.25, 0.3) is 0 Å². The van der Waals surface area contributed by atoms with Gasteiger partial charge in [0, 0.05) is 25.2 Å². The van der Waals surface area contributed by atoms with Gasteiger partial charge in [0.2, 0.25) is 5.91 Å². The first kappa shape index (κ1) is 15.3. The second kappa shape index (κ2) is 6.58. The molecule has 0 saturated heterocycles. The van der Waals surface area contributed by atoms with Crippen molar-refractivity contribution >= 4 is 5.91 Å². The van der Waals surface area contributed by atoms with E-state index in [4.69, 9.17) is 5.26 Å². The summed E-state index contributed by atoms with van der Waals surface area (Å²) in [6, 6.07) is 3.38. The van der Waals surface area contributed by atoms with Gasteiger partial charge in [0.05, 0.1) is 18.5 Å². The van der Waals surface area contributed by atoms with Crippen molar-refractivity contribution in [3.63, 3.8) is 0 Å². The van der Waals surface area contributed by atoms with Gasteiger partial charge in [-0.2, -0.15) is 5.26 Å². The molecule has 0 bridgehead atoms. The van der Waals surface area contributed by atoms with Crippen LogP contribution in [0, 0.1) is 23.2 Å². The Hall–Kier alpha value is -1.08. The smallest absolute Gasteiger partial charge is 0.236 e. The SMILES string of the molecule is CCN(CC(C)C#N)C(=O)CN(C1CC1)C(C)C1CC1. The van der Waals surface area contributed by atoms with Crippen molar-refractivity contribution in [1.82, 2.24) is 9.80 Å². The van der Waals surface area contributed by atoms with Gasteiger partial charge in [0.1, 0.15) is 0 Å². The van der Waals surface area contributed by atoms with E-state index in [1.54, 1.807) is 0 Å². The van der Waals surface area contributed by atoms with Crippen LogP contribution in [0.15, 0.2) is 0 Å². The number of rotatable bonds is 8. The number of carbonyl (C=O) groups is 1. The summed E-state index contributed by atoms with van der Waals surface area (Å²) in [5.41, 5.74) is 0. The Kier molecular flexibility index (Phi) is 5.04. The molecule has 2 unspecified atom stereocenters. The zero-order valence-corrected chi connectivity index (χ0v) is 13.0. The van der Waals surface area contributed by atoms with Crippen molar-refractivity contribution in [3.05, 3.63) is 0 Å². The molecular weight excluding hydrogens is 250 g/mol. The monoisotopic (exact) mass is 277 g/mol. The molecule has 4 nitrogen and oxygen atoms in total. The van der Waals surface area contributed by atoms with E-state index in [9.17, 15) is 4.79 Å². The van der Waals surface area contributed by atoms with Crippen molar-refractivity contribution < 1.29 is 4.79 Å². The summed E-state index contributed by atoms with van der Waals surface area (Å²) in [7, 11) is 0. The molecule has 0 heterocycles. The first-order chi connectivity index (χ1) is 9.56. The molecular formula is C16H27N3O. The topological polar surface area (TPSA) is 47.3 Å². The molecule has 20 heavy (non-hydrogen) atoms. The molecule has 0 spiro atoms. The Bertz CT molecular complexity index is 382. The zero-order chi connectivity index (χ0) is 14.7. The van der Waals surface area contributed by atoms with Crippen LogP contribution in [0.3, 0.4) is 0 Å². The molecule has 2 aliphatic carbocycles. The second-order valence-corrected chi connectivity index (χ2v) is 6.44. The number of amides is 1. The van der Waals surface area contributed by atoms with Crippen LogP contribution in [0.1, 0.15) is 46.5 Å². The maximum Gasteiger partial charge on any atom is 0.236 e. The van der Waals surface area contributed by atoms with Gasteiger partial charge in [0.15, 0.2) is 0 Å². The quantitative estimate of drug-likeness (QED) is 0.683. The molecule has 0 aromatic carbocycles. The van der Waals surface area contributed by atoms with Gasteiger partial charge < -0.3 is 4.90 Å². The highest BCUT2D eigenvalue weighted by molar-refractivity contribution is 5.78. The lowest BCUT2D eigenvalue weighted by molar-refractivity contribution is -0.133. The third-order valence-electron chi connectivity index (χ3n) is 4.61. The molecule has 2 fully saturated rings. The lowest BCUT2D eigenvalue weighted by atomic mass is 10.1. The first-order valence-corrected chi connectivity index (χ1v) is 8.00. The van der Waals surface area contributed by atoms with Crippen LogP contribution in [0.25, 0.3) is 0 Å². The third-order valence-corrected chi connectivity index (χ3v) is 4.61. The lowest BCUT2D eigenvalue weighted by Gasteiger charge is -2.31. The maximum atomic E-state index is 12.5. The number of nitriles is 1. The Morgan fingerprint density at radius 3 is 2.40 bits per heavy atom. The first-order valence-electron chi connectivity index (χ1n) is 8.00. The average molecular weight is 277 g/mol. The molecule has 0 aromatic heterocycles. The minimum Gasteiger partial charge on any atom is -0.341 e. The van der Waals surface area contributed by atoms with Gasteiger partial charge in [-0.15, -0.1) is 0 Å². The molecule has 0 N–H and O–H groups in total. The number of hydrogen-bond donors (Lipinski definition) is 0. The largest absolute Gasteiger partial charge is 0.341 e. The second-order valence-electron chi connectivity index (χ2n) is 6.44. The number of nitrogens with zero attached hydrogens (tertiary/aromatic N) is 3. The van der Waals surface area contributed by atoms with E-state index in [0.717, 1.165) is 5.92 Å². The van der Waals surface area contributed by atoms with E-state index in [1.165, 1.54) is 25.7 Å². The summed E-state index contributed by atoms with van der Waals surface area (Å²) in [4.78, 5) is 16.7. The zero-order valence-electron chi connectivity index (χ0n) is 13.0. The highest BCUT2D eigenvalue weighted by Crippen LogP contribution is 2.39. The predicted molar refractivity (Wildman–Crippen MR) is 78.9 cm³/mol. The van der Waals surface area contributed by atoms with Crippen molar-refractivity contribution in [1.29, 1.82) is 5.26 Å². The van der Waals surface area contributed by atoms with E-state index in [2.05, 4.69) is 17.9 Å². The van der Waals surface area contributed by atoms with E-state index in [1.807, 2.05) is 18.7 Å². The van der Waals surface area contributed by atoms with Gasteiger partial charge in [-0.25, -0.2) is 0 Å². The van der Waals surface area contributed by atoms with Gasteiger partial charge >= 0.3 is 0 Å². The van der Waals surface area contributed by atoms with Crippen LogP contribution in [0.2, 0.25) is 0 Å². The molecule has 0 aromatic rings. The normalized spacial score (nSPS) is 21.4. The maximum absolute atomic E-state index is 12.5. The Labute approximate surface area is 122 Å². The molecule has 0 radical (unpaired) electrons. The van der Waals surface area contributed by atoms with Crippen LogP contribution in [0.4, 0.5) is 0 Å². The molecule has 2 saturated carbocycles. The molecule has 2 aliphatic rings. The lowest BCUT2D eigenvalue weighted by Crippen LogP contribution is -2.46. The fraction of sp³-hybridized carbons (Fsp3) is 0.875. The minimum absolute atomic E-state index is 0.0888. The molecule has 112 valence electrons. The average Bonchev–Trinajstić information content (AvgIpc) is 3.31. The van der Waals surface area contributed by atoms with Crippen molar-refractivity contribution in [2.24, 2.45) is 11.8 Å². The Morgan fingerprint density at radius 1 is 1.30 bits per heavy atom. The molecule has 4 heteroatoms. The number of hydrogen-bond acceptors (Lipinski definition) is 3. The van der Waals surface area contributed by atoms with Crippen LogP contribution in [0.5, 0.6) is 0 Å². The summed E-state index contributed by atoms with van der Waals surface area (Å²) in [5, 5.41) is 8.91. The fourth-order valence-electron chi connectivity index (χ4n) is 2.90. The van der Waals surface area contributed by atoms with Crippen LogP contribution in [-0.2, 0) is 4.79 Å². The predicted octanol–water partition coefficient (Wildman–Crippen LogP) is 2.26. The van der Waals surface area contributed by atoms with Crippen molar-refractivity contribution in [2.45, 2.75) is 58.5 Å². The summed E-state index contributed by atoms with van der Waals surface area (Å²) in [6.45, 7) is 7.93. The van der Waals surface area contributed by atoms with Gasteiger partial charge in [-0.3, -0.25) is 9.69 Å². The summed E-state index contributed by atoms with van der Waals surface area (Å²) < 4.78 is 0. The van der Waals surface area contributed by atoms with Crippen molar-refractivity contribution in [2.75, 3.05) is 19.6 Å². The Morgan fingerprint density at radius 2 is 1.95 bits per heavy atom.